The molecule has 0 spiro atoms. The van der Waals surface area contributed by atoms with Crippen LogP contribution in [0.15, 0.2) is 18.3 Å². The SMILES string of the molecule is CCCC(NCc1ccc(Cl)nc1)C1CC1. The molecule has 2 nitrogen and oxygen atoms in total. The Morgan fingerprint density at radius 3 is 2.88 bits per heavy atom. The Morgan fingerprint density at radius 2 is 2.31 bits per heavy atom. The minimum Gasteiger partial charge on any atom is -0.310 e. The van der Waals surface area contributed by atoms with E-state index in [1.165, 1.54) is 31.2 Å². The lowest BCUT2D eigenvalue weighted by atomic mass is 10.1. The van der Waals surface area contributed by atoms with Crippen LogP contribution in [-0.2, 0) is 6.54 Å². The molecule has 1 heterocycles. The molecular formula is C13H19ClN2. The fourth-order valence-electron chi connectivity index (χ4n) is 2.07. The van der Waals surface area contributed by atoms with Crippen molar-refractivity contribution in [1.82, 2.24) is 10.3 Å². The zero-order chi connectivity index (χ0) is 11.4. The van der Waals surface area contributed by atoms with Gasteiger partial charge in [0.1, 0.15) is 5.15 Å². The zero-order valence-electron chi connectivity index (χ0n) is 9.75. The van der Waals surface area contributed by atoms with Crippen molar-refractivity contribution in [2.75, 3.05) is 0 Å². The van der Waals surface area contributed by atoms with E-state index in [1.54, 1.807) is 0 Å². The molecule has 1 aliphatic carbocycles. The molecule has 1 unspecified atom stereocenters. The Balaban J connectivity index is 1.82. The van der Waals surface area contributed by atoms with Gasteiger partial charge < -0.3 is 5.32 Å². The topological polar surface area (TPSA) is 24.9 Å². The summed E-state index contributed by atoms with van der Waals surface area (Å²) < 4.78 is 0. The van der Waals surface area contributed by atoms with Crippen molar-refractivity contribution in [3.05, 3.63) is 29.0 Å². The fraction of sp³-hybridized carbons (Fsp3) is 0.615. The third-order valence-corrected chi connectivity index (χ3v) is 3.37. The quantitative estimate of drug-likeness (QED) is 0.769. The van der Waals surface area contributed by atoms with Gasteiger partial charge in [-0.15, -0.1) is 0 Å². The summed E-state index contributed by atoms with van der Waals surface area (Å²) in [6.45, 7) is 3.16. The minimum atomic E-state index is 0.566. The largest absolute Gasteiger partial charge is 0.310 e. The van der Waals surface area contributed by atoms with Crippen LogP contribution in [0.4, 0.5) is 0 Å². The summed E-state index contributed by atoms with van der Waals surface area (Å²) >= 11 is 5.75. The van der Waals surface area contributed by atoms with Crippen molar-refractivity contribution in [3.8, 4) is 0 Å². The molecule has 0 amide bonds. The number of halogens is 1. The Hall–Kier alpha value is -0.600. The molecule has 1 aromatic rings. The van der Waals surface area contributed by atoms with Crippen LogP contribution in [0, 0.1) is 5.92 Å². The number of hydrogen-bond acceptors (Lipinski definition) is 2. The smallest absolute Gasteiger partial charge is 0.129 e. The first kappa shape index (κ1) is 11.9. The first-order valence-corrected chi connectivity index (χ1v) is 6.51. The fourth-order valence-corrected chi connectivity index (χ4v) is 2.19. The van der Waals surface area contributed by atoms with Gasteiger partial charge in [0.2, 0.25) is 0 Å². The van der Waals surface area contributed by atoms with Crippen LogP contribution in [0.3, 0.4) is 0 Å². The van der Waals surface area contributed by atoms with Crippen LogP contribution >= 0.6 is 11.6 Å². The molecule has 2 rings (SSSR count). The van der Waals surface area contributed by atoms with E-state index in [1.807, 2.05) is 18.3 Å². The third kappa shape index (κ3) is 3.46. The summed E-state index contributed by atoms with van der Waals surface area (Å²) in [4.78, 5) is 4.09. The Bertz CT molecular complexity index is 319. The van der Waals surface area contributed by atoms with E-state index in [-0.39, 0.29) is 0 Å². The minimum absolute atomic E-state index is 0.566. The van der Waals surface area contributed by atoms with Gasteiger partial charge in [0.25, 0.3) is 0 Å². The molecule has 1 atom stereocenters. The van der Waals surface area contributed by atoms with Crippen molar-refractivity contribution in [2.24, 2.45) is 5.92 Å². The van der Waals surface area contributed by atoms with E-state index >= 15 is 0 Å². The number of rotatable bonds is 6. The van der Waals surface area contributed by atoms with Crippen molar-refractivity contribution >= 4 is 11.6 Å². The maximum absolute atomic E-state index is 5.75. The van der Waals surface area contributed by atoms with Gasteiger partial charge in [-0.1, -0.05) is 31.0 Å². The average Bonchev–Trinajstić information content (AvgIpc) is 3.10. The second-order valence-electron chi connectivity index (χ2n) is 4.60. The predicted octanol–water partition coefficient (Wildman–Crippen LogP) is 3.40. The first-order valence-electron chi connectivity index (χ1n) is 6.13. The highest BCUT2D eigenvalue weighted by atomic mass is 35.5. The summed E-state index contributed by atoms with van der Waals surface area (Å²) in [7, 11) is 0. The lowest BCUT2D eigenvalue weighted by Crippen LogP contribution is -2.30. The van der Waals surface area contributed by atoms with Gasteiger partial charge in [0, 0.05) is 18.8 Å². The van der Waals surface area contributed by atoms with Crippen molar-refractivity contribution in [1.29, 1.82) is 0 Å². The van der Waals surface area contributed by atoms with Crippen LogP contribution in [0.2, 0.25) is 5.15 Å². The maximum Gasteiger partial charge on any atom is 0.129 e. The molecule has 16 heavy (non-hydrogen) atoms. The van der Waals surface area contributed by atoms with Crippen molar-refractivity contribution < 1.29 is 0 Å². The summed E-state index contributed by atoms with van der Waals surface area (Å²) in [6.07, 6.45) is 7.19. The van der Waals surface area contributed by atoms with Crippen LogP contribution in [0.25, 0.3) is 0 Å². The Morgan fingerprint density at radius 1 is 1.50 bits per heavy atom. The van der Waals surface area contributed by atoms with Crippen LogP contribution in [0.5, 0.6) is 0 Å². The summed E-state index contributed by atoms with van der Waals surface area (Å²) in [5.41, 5.74) is 1.21. The highest BCUT2D eigenvalue weighted by Crippen LogP contribution is 2.34. The maximum atomic E-state index is 5.75. The van der Waals surface area contributed by atoms with Gasteiger partial charge in [0.15, 0.2) is 0 Å². The van der Waals surface area contributed by atoms with Crippen LogP contribution in [0.1, 0.15) is 38.2 Å². The molecule has 0 radical (unpaired) electrons. The molecule has 1 fully saturated rings. The Labute approximate surface area is 102 Å². The number of hydrogen-bond donors (Lipinski definition) is 1. The molecule has 0 aliphatic heterocycles. The molecule has 0 aromatic carbocycles. The van der Waals surface area contributed by atoms with Gasteiger partial charge in [-0.05, 0) is 36.8 Å². The number of pyridine rings is 1. The molecule has 1 N–H and O–H groups in total. The molecular weight excluding hydrogens is 220 g/mol. The standard InChI is InChI=1S/C13H19ClN2/c1-2-3-12(11-5-6-11)15-8-10-4-7-13(14)16-9-10/h4,7,9,11-12,15H,2-3,5-6,8H2,1H3. The second-order valence-corrected chi connectivity index (χ2v) is 4.99. The van der Waals surface area contributed by atoms with Gasteiger partial charge >= 0.3 is 0 Å². The molecule has 88 valence electrons. The zero-order valence-corrected chi connectivity index (χ0v) is 10.5. The van der Waals surface area contributed by atoms with E-state index in [9.17, 15) is 0 Å². The van der Waals surface area contributed by atoms with Crippen molar-refractivity contribution in [3.63, 3.8) is 0 Å². The number of nitrogens with one attached hydrogen (secondary N) is 1. The molecule has 1 aromatic heterocycles. The van der Waals surface area contributed by atoms with Crippen molar-refractivity contribution in [2.45, 2.75) is 45.2 Å². The molecule has 1 saturated carbocycles. The Kier molecular flexibility index (Phi) is 4.19. The van der Waals surface area contributed by atoms with Gasteiger partial charge in [-0.3, -0.25) is 0 Å². The van der Waals surface area contributed by atoms with E-state index in [0.29, 0.717) is 11.2 Å². The molecule has 1 aliphatic rings. The monoisotopic (exact) mass is 238 g/mol. The number of aromatic nitrogens is 1. The van der Waals surface area contributed by atoms with Crippen LogP contribution < -0.4 is 5.32 Å². The van der Waals surface area contributed by atoms with E-state index in [0.717, 1.165) is 12.5 Å². The highest BCUT2D eigenvalue weighted by molar-refractivity contribution is 6.29. The van der Waals surface area contributed by atoms with E-state index in [4.69, 9.17) is 11.6 Å². The van der Waals surface area contributed by atoms with Gasteiger partial charge in [-0.2, -0.15) is 0 Å². The molecule has 0 saturated heterocycles. The molecule has 3 heteroatoms. The highest BCUT2D eigenvalue weighted by Gasteiger charge is 2.29. The summed E-state index contributed by atoms with van der Waals surface area (Å²) in [5.74, 6) is 0.917. The lowest BCUT2D eigenvalue weighted by Gasteiger charge is -2.17. The molecule has 0 bridgehead atoms. The van der Waals surface area contributed by atoms with Crippen LogP contribution in [-0.4, -0.2) is 11.0 Å². The van der Waals surface area contributed by atoms with E-state index < -0.39 is 0 Å². The first-order chi connectivity index (χ1) is 7.79. The third-order valence-electron chi connectivity index (χ3n) is 3.15. The predicted molar refractivity (Wildman–Crippen MR) is 67.5 cm³/mol. The van der Waals surface area contributed by atoms with Gasteiger partial charge in [0.05, 0.1) is 0 Å². The lowest BCUT2D eigenvalue weighted by molar-refractivity contribution is 0.429. The second kappa shape index (κ2) is 5.65. The normalized spacial score (nSPS) is 17.4. The van der Waals surface area contributed by atoms with E-state index in [2.05, 4.69) is 17.2 Å². The number of nitrogens with zero attached hydrogens (tertiary/aromatic N) is 1. The average molecular weight is 239 g/mol. The summed E-state index contributed by atoms with van der Waals surface area (Å²) in [5, 5.41) is 4.20. The summed E-state index contributed by atoms with van der Waals surface area (Å²) in [6, 6.07) is 4.59. The van der Waals surface area contributed by atoms with Gasteiger partial charge in [-0.25, -0.2) is 4.98 Å².